The molecule has 0 bridgehead atoms. The van der Waals surface area contributed by atoms with E-state index in [0.717, 1.165) is 61.1 Å². The Kier molecular flexibility index (Phi) is 4.99. The molecule has 1 spiro atoms. The number of nitriles is 2. The van der Waals surface area contributed by atoms with Crippen molar-refractivity contribution >= 4 is 5.71 Å². The predicted molar refractivity (Wildman–Crippen MR) is 109 cm³/mol. The molecule has 0 amide bonds. The van der Waals surface area contributed by atoms with Crippen molar-refractivity contribution in [2.45, 2.75) is 45.1 Å². The van der Waals surface area contributed by atoms with Crippen LogP contribution in [-0.2, 0) is 11.2 Å². The van der Waals surface area contributed by atoms with Gasteiger partial charge in [0, 0.05) is 17.6 Å². The Labute approximate surface area is 166 Å². The first-order valence-electron chi connectivity index (χ1n) is 9.92. The minimum Gasteiger partial charge on any atom is -0.379 e. The van der Waals surface area contributed by atoms with Crippen LogP contribution in [0.25, 0.3) is 11.1 Å². The van der Waals surface area contributed by atoms with Crippen LogP contribution in [0.4, 0.5) is 0 Å². The molecule has 0 heterocycles. The lowest BCUT2D eigenvalue weighted by molar-refractivity contribution is 0.0179. The Morgan fingerprint density at radius 3 is 2.61 bits per heavy atom. The normalized spacial score (nSPS) is 24.7. The van der Waals surface area contributed by atoms with Gasteiger partial charge in [-0.3, -0.25) is 0 Å². The molecule has 2 aromatic rings. The molecule has 0 aromatic heterocycles. The highest BCUT2D eigenvalue weighted by molar-refractivity contribution is 6.10. The number of rotatable bonds is 3. The second kappa shape index (κ2) is 7.58. The number of hydrogen-bond acceptors (Lipinski definition) is 4. The molecule has 0 radical (unpaired) electrons. The van der Waals surface area contributed by atoms with Gasteiger partial charge in [-0.15, -0.1) is 0 Å². The van der Waals surface area contributed by atoms with Crippen molar-refractivity contribution < 1.29 is 4.74 Å². The molecule has 28 heavy (non-hydrogen) atoms. The zero-order chi connectivity index (χ0) is 19.6. The molecule has 0 atom stereocenters. The molecule has 1 fully saturated rings. The fourth-order valence-corrected chi connectivity index (χ4v) is 4.82. The topological polar surface area (TPSA) is 69.2 Å². The van der Waals surface area contributed by atoms with Crippen molar-refractivity contribution in [1.29, 1.82) is 10.5 Å². The van der Waals surface area contributed by atoms with Crippen molar-refractivity contribution in [3.05, 3.63) is 59.2 Å². The highest BCUT2D eigenvalue weighted by Crippen LogP contribution is 2.48. The lowest BCUT2D eigenvalue weighted by Crippen LogP contribution is -2.36. The average Bonchev–Trinajstić information content (AvgIpc) is 3.03. The highest BCUT2D eigenvalue weighted by atomic mass is 16.5. The van der Waals surface area contributed by atoms with Crippen molar-refractivity contribution in [2.75, 3.05) is 6.61 Å². The predicted octanol–water partition coefficient (Wildman–Crippen LogP) is 5.02. The summed E-state index contributed by atoms with van der Waals surface area (Å²) >= 11 is 0. The van der Waals surface area contributed by atoms with Crippen molar-refractivity contribution in [3.63, 3.8) is 0 Å². The van der Waals surface area contributed by atoms with E-state index < -0.39 is 0 Å². The van der Waals surface area contributed by atoms with Crippen molar-refractivity contribution in [2.24, 2.45) is 10.4 Å². The number of nitrogens with zero attached hydrogens (tertiary/aromatic N) is 3. The maximum Gasteiger partial charge on any atom is 0.205 e. The molecule has 140 valence electrons. The van der Waals surface area contributed by atoms with Crippen LogP contribution in [0, 0.1) is 28.2 Å². The molecule has 2 aliphatic rings. The van der Waals surface area contributed by atoms with Gasteiger partial charge in [-0.1, -0.05) is 24.3 Å². The Hall–Kier alpha value is -2.95. The molecule has 0 N–H and O–H groups in total. The van der Waals surface area contributed by atoms with Crippen LogP contribution >= 0.6 is 0 Å². The maximum atomic E-state index is 9.36. The Bertz CT molecular complexity index is 1000. The Balaban J connectivity index is 1.70. The van der Waals surface area contributed by atoms with E-state index >= 15 is 0 Å². The van der Waals surface area contributed by atoms with Crippen molar-refractivity contribution in [1.82, 2.24) is 0 Å². The zero-order valence-electron chi connectivity index (χ0n) is 16.1. The standard InChI is InChI=1S/C24H23N3O/c1-2-28-21-8-10-24(11-9-21)14-20-7-6-19(13-22(20)23(24)27-16-26)18-5-3-4-17(12-18)15-25/h3-7,12-13,21H,2,8-11,14H2,1H3/b27-23-. The molecule has 4 heteroatoms. The fraction of sp³-hybridized carbons (Fsp3) is 0.375. The molecule has 4 rings (SSSR count). The third-order valence-electron chi connectivity index (χ3n) is 6.18. The summed E-state index contributed by atoms with van der Waals surface area (Å²) in [7, 11) is 0. The van der Waals surface area contributed by atoms with Gasteiger partial charge < -0.3 is 4.74 Å². The summed E-state index contributed by atoms with van der Waals surface area (Å²) in [6.45, 7) is 2.79. The molecule has 4 nitrogen and oxygen atoms in total. The first-order valence-corrected chi connectivity index (χ1v) is 9.92. The Morgan fingerprint density at radius 2 is 1.89 bits per heavy atom. The minimum absolute atomic E-state index is 0.0429. The summed E-state index contributed by atoms with van der Waals surface area (Å²) in [5, 5.41) is 18.5. The number of hydrogen-bond donors (Lipinski definition) is 0. The molecule has 2 aliphatic carbocycles. The molecule has 0 saturated heterocycles. The lowest BCUT2D eigenvalue weighted by Gasteiger charge is -2.37. The quantitative estimate of drug-likeness (QED) is 0.714. The van der Waals surface area contributed by atoms with Gasteiger partial charge in [0.15, 0.2) is 0 Å². The van der Waals surface area contributed by atoms with Gasteiger partial charge >= 0.3 is 0 Å². The average molecular weight is 369 g/mol. The van der Waals surface area contributed by atoms with E-state index in [9.17, 15) is 10.5 Å². The van der Waals surface area contributed by atoms with Crippen LogP contribution in [-0.4, -0.2) is 18.4 Å². The third kappa shape index (κ3) is 3.21. The van der Waals surface area contributed by atoms with Gasteiger partial charge in [0.05, 0.1) is 23.4 Å². The van der Waals surface area contributed by atoms with Crippen LogP contribution < -0.4 is 0 Å². The SMILES string of the molecule is CCOC1CCC2(CC1)Cc1ccc(-c3cccc(C#N)c3)cc1/C2=N/C#N. The van der Waals surface area contributed by atoms with E-state index in [4.69, 9.17) is 4.74 Å². The van der Waals surface area contributed by atoms with E-state index in [1.165, 1.54) is 5.56 Å². The smallest absolute Gasteiger partial charge is 0.205 e. The number of benzene rings is 2. The fourth-order valence-electron chi connectivity index (χ4n) is 4.82. The van der Waals surface area contributed by atoms with Crippen LogP contribution in [0.3, 0.4) is 0 Å². The summed E-state index contributed by atoms with van der Waals surface area (Å²) in [6, 6.07) is 16.3. The van der Waals surface area contributed by atoms with Gasteiger partial charge in [-0.05, 0) is 73.9 Å². The second-order valence-corrected chi connectivity index (χ2v) is 7.74. The number of aliphatic imine (C=N–C) groups is 1. The minimum atomic E-state index is -0.0429. The highest BCUT2D eigenvalue weighted by Gasteiger charge is 2.45. The van der Waals surface area contributed by atoms with E-state index in [1.807, 2.05) is 37.4 Å². The van der Waals surface area contributed by atoms with Crippen LogP contribution in [0.5, 0.6) is 0 Å². The molecule has 1 saturated carbocycles. The summed E-state index contributed by atoms with van der Waals surface area (Å²) in [5.41, 5.74) is 5.98. The molecular formula is C24H23N3O. The van der Waals surface area contributed by atoms with Crippen LogP contribution in [0.2, 0.25) is 0 Å². The third-order valence-corrected chi connectivity index (χ3v) is 6.18. The zero-order valence-corrected chi connectivity index (χ0v) is 16.1. The monoisotopic (exact) mass is 369 g/mol. The first-order chi connectivity index (χ1) is 13.7. The summed E-state index contributed by atoms with van der Waals surface area (Å²) in [4.78, 5) is 4.31. The first kappa shape index (κ1) is 18.4. The Morgan fingerprint density at radius 1 is 1.11 bits per heavy atom. The van der Waals surface area contributed by atoms with E-state index in [0.29, 0.717) is 11.7 Å². The van der Waals surface area contributed by atoms with Gasteiger partial charge in [0.2, 0.25) is 6.19 Å². The van der Waals surface area contributed by atoms with E-state index in [2.05, 4.69) is 29.3 Å². The maximum absolute atomic E-state index is 9.36. The van der Waals surface area contributed by atoms with Gasteiger partial charge in [0.1, 0.15) is 0 Å². The molecule has 0 aliphatic heterocycles. The van der Waals surface area contributed by atoms with Gasteiger partial charge in [-0.25, -0.2) is 0 Å². The summed E-state index contributed by atoms with van der Waals surface area (Å²) in [6.07, 6.45) is 7.37. The summed E-state index contributed by atoms with van der Waals surface area (Å²) in [5.74, 6) is 0. The van der Waals surface area contributed by atoms with Gasteiger partial charge in [-0.2, -0.15) is 15.5 Å². The molecule has 0 unspecified atom stereocenters. The second-order valence-electron chi connectivity index (χ2n) is 7.74. The number of ether oxygens (including phenoxy) is 1. The van der Waals surface area contributed by atoms with Crippen molar-refractivity contribution in [3.8, 4) is 23.4 Å². The molecular weight excluding hydrogens is 346 g/mol. The molecule has 2 aromatic carbocycles. The van der Waals surface area contributed by atoms with Crippen LogP contribution in [0.15, 0.2) is 47.5 Å². The summed E-state index contributed by atoms with van der Waals surface area (Å²) < 4.78 is 5.83. The van der Waals surface area contributed by atoms with Gasteiger partial charge in [0.25, 0.3) is 0 Å². The van der Waals surface area contributed by atoms with E-state index in [-0.39, 0.29) is 5.41 Å². The van der Waals surface area contributed by atoms with E-state index in [1.54, 1.807) is 0 Å². The number of fused-ring (bicyclic) bond motifs is 1. The largest absolute Gasteiger partial charge is 0.379 e. The van der Waals surface area contributed by atoms with Crippen LogP contribution in [0.1, 0.15) is 49.3 Å². The lowest BCUT2D eigenvalue weighted by atomic mass is 9.70.